The average molecular weight is 444 g/mol. The fourth-order valence-corrected chi connectivity index (χ4v) is 3.91. The van der Waals surface area contributed by atoms with Crippen molar-refractivity contribution in [2.75, 3.05) is 14.2 Å². The zero-order chi connectivity index (χ0) is 19.0. The molecule has 4 aromatic rings. The van der Waals surface area contributed by atoms with Crippen LogP contribution in [-0.2, 0) is 0 Å². The Kier molecular flexibility index (Phi) is 4.67. The van der Waals surface area contributed by atoms with Gasteiger partial charge < -0.3 is 9.47 Å². The number of hydrogen-bond donors (Lipinski definition) is 0. The van der Waals surface area contributed by atoms with E-state index in [0.29, 0.717) is 26.8 Å². The molecule has 0 saturated heterocycles. The van der Waals surface area contributed by atoms with Gasteiger partial charge in [0.05, 0.1) is 18.8 Å². The first-order valence-corrected chi connectivity index (χ1v) is 9.59. The fraction of sp³-hybridized carbons (Fsp3) is 0.105. The highest BCUT2D eigenvalue weighted by atomic mass is 79.9. The minimum Gasteiger partial charge on any atom is -0.493 e. The molecule has 136 valence electrons. The van der Waals surface area contributed by atoms with Crippen molar-refractivity contribution >= 4 is 38.3 Å². The van der Waals surface area contributed by atoms with Crippen molar-refractivity contribution in [3.63, 3.8) is 0 Å². The molecule has 0 aliphatic heterocycles. The number of ether oxygens (including phenoxy) is 2. The number of methoxy groups -OCH3 is 2. The first kappa shape index (κ1) is 17.7. The number of benzene rings is 2. The second-order valence-corrected chi connectivity index (χ2v) is 7.60. The quantitative estimate of drug-likeness (QED) is 0.484. The summed E-state index contributed by atoms with van der Waals surface area (Å²) < 4.78 is 13.7. The Labute approximate surface area is 166 Å². The molecule has 0 unspecified atom stereocenters. The lowest BCUT2D eigenvalue weighted by atomic mass is 10.2. The highest BCUT2D eigenvalue weighted by Crippen LogP contribution is 2.31. The first-order chi connectivity index (χ1) is 13.1. The molecular formula is C19H14BrN3O3S. The summed E-state index contributed by atoms with van der Waals surface area (Å²) in [6.45, 7) is 0. The van der Waals surface area contributed by atoms with E-state index in [4.69, 9.17) is 9.47 Å². The number of rotatable bonds is 4. The van der Waals surface area contributed by atoms with Crippen LogP contribution in [-0.4, -0.2) is 28.8 Å². The molecule has 0 spiro atoms. The summed E-state index contributed by atoms with van der Waals surface area (Å²) in [5.41, 5.74) is 1.53. The van der Waals surface area contributed by atoms with Gasteiger partial charge in [-0.15, -0.1) is 10.2 Å². The zero-order valence-electron chi connectivity index (χ0n) is 14.5. The Morgan fingerprint density at radius 1 is 1.04 bits per heavy atom. The number of halogens is 1. The third-order valence-corrected chi connectivity index (χ3v) is 5.55. The molecule has 2 aromatic carbocycles. The normalized spacial score (nSPS) is 11.9. The average Bonchev–Trinajstić information content (AvgIpc) is 3.23. The zero-order valence-corrected chi connectivity index (χ0v) is 16.9. The van der Waals surface area contributed by atoms with E-state index in [0.717, 1.165) is 15.6 Å². The second-order valence-electron chi connectivity index (χ2n) is 5.68. The summed E-state index contributed by atoms with van der Waals surface area (Å²) >= 11 is 4.72. The van der Waals surface area contributed by atoms with Crippen molar-refractivity contribution in [1.29, 1.82) is 0 Å². The van der Waals surface area contributed by atoms with Crippen molar-refractivity contribution in [3.8, 4) is 22.9 Å². The van der Waals surface area contributed by atoms with Gasteiger partial charge in [-0.25, -0.2) is 4.40 Å². The van der Waals surface area contributed by atoms with Gasteiger partial charge >= 0.3 is 0 Å². The molecule has 8 heteroatoms. The van der Waals surface area contributed by atoms with E-state index < -0.39 is 0 Å². The standard InChI is InChI=1S/C19H14BrN3O3S/c1-25-14-8-5-12(10-15(14)26-2)17-21-22-19-23(17)18(24)16(27-19)9-11-3-6-13(20)7-4-11/h3-10H,1-2H3/b16-9-. The number of aromatic nitrogens is 3. The third-order valence-electron chi connectivity index (χ3n) is 4.06. The van der Waals surface area contributed by atoms with Crippen LogP contribution in [0.1, 0.15) is 5.56 Å². The molecule has 0 fully saturated rings. The smallest absolute Gasteiger partial charge is 0.276 e. The fourth-order valence-electron chi connectivity index (χ4n) is 2.74. The first-order valence-electron chi connectivity index (χ1n) is 7.98. The van der Waals surface area contributed by atoms with Crippen LogP contribution < -0.4 is 19.6 Å². The molecule has 2 heterocycles. The minimum absolute atomic E-state index is 0.146. The maximum absolute atomic E-state index is 12.9. The van der Waals surface area contributed by atoms with Gasteiger partial charge in [-0.1, -0.05) is 39.4 Å². The molecule has 0 N–H and O–H groups in total. The van der Waals surface area contributed by atoms with Crippen LogP contribution in [0.4, 0.5) is 0 Å². The predicted octanol–water partition coefficient (Wildman–Crippen LogP) is 3.15. The van der Waals surface area contributed by atoms with Gasteiger partial charge in [-0.3, -0.25) is 4.79 Å². The number of hydrogen-bond acceptors (Lipinski definition) is 6. The molecular weight excluding hydrogens is 430 g/mol. The SMILES string of the molecule is COc1ccc(-c2nnc3s/c(=C\c4ccc(Br)cc4)c(=O)n23)cc1OC. The molecule has 0 bridgehead atoms. The predicted molar refractivity (Wildman–Crippen MR) is 109 cm³/mol. The monoisotopic (exact) mass is 443 g/mol. The minimum atomic E-state index is -0.146. The van der Waals surface area contributed by atoms with E-state index >= 15 is 0 Å². The number of thiazole rings is 1. The van der Waals surface area contributed by atoms with Crippen molar-refractivity contribution < 1.29 is 9.47 Å². The van der Waals surface area contributed by atoms with Gasteiger partial charge in [-0.2, -0.15) is 0 Å². The van der Waals surface area contributed by atoms with Crippen LogP contribution in [0.2, 0.25) is 0 Å². The van der Waals surface area contributed by atoms with E-state index in [1.807, 2.05) is 36.4 Å². The molecule has 0 aliphatic rings. The summed E-state index contributed by atoms with van der Waals surface area (Å²) in [4.78, 5) is 13.5. The number of nitrogens with zero attached hydrogens (tertiary/aromatic N) is 3. The topological polar surface area (TPSA) is 65.7 Å². The van der Waals surface area contributed by atoms with E-state index in [1.165, 1.54) is 15.7 Å². The van der Waals surface area contributed by atoms with Crippen molar-refractivity contribution in [2.24, 2.45) is 0 Å². The van der Waals surface area contributed by atoms with Gasteiger partial charge in [0.1, 0.15) is 0 Å². The van der Waals surface area contributed by atoms with Gasteiger partial charge in [0.2, 0.25) is 4.96 Å². The summed E-state index contributed by atoms with van der Waals surface area (Å²) in [7, 11) is 3.14. The Morgan fingerprint density at radius 3 is 2.48 bits per heavy atom. The Hall–Kier alpha value is -2.71. The van der Waals surface area contributed by atoms with E-state index in [2.05, 4.69) is 26.1 Å². The molecule has 0 atom stereocenters. The highest BCUT2D eigenvalue weighted by molar-refractivity contribution is 9.10. The van der Waals surface area contributed by atoms with Crippen molar-refractivity contribution in [1.82, 2.24) is 14.6 Å². The van der Waals surface area contributed by atoms with Crippen LogP contribution in [0.5, 0.6) is 11.5 Å². The lowest BCUT2D eigenvalue weighted by Gasteiger charge is -2.08. The molecule has 0 amide bonds. The van der Waals surface area contributed by atoms with Crippen LogP contribution >= 0.6 is 27.3 Å². The summed E-state index contributed by atoms with van der Waals surface area (Å²) in [6, 6.07) is 13.1. The lowest BCUT2D eigenvalue weighted by Crippen LogP contribution is -2.23. The highest BCUT2D eigenvalue weighted by Gasteiger charge is 2.16. The molecule has 0 aliphatic carbocycles. The van der Waals surface area contributed by atoms with Gasteiger partial charge in [0, 0.05) is 10.0 Å². The molecule has 27 heavy (non-hydrogen) atoms. The van der Waals surface area contributed by atoms with Crippen LogP contribution in [0.3, 0.4) is 0 Å². The summed E-state index contributed by atoms with van der Waals surface area (Å²) in [6.07, 6.45) is 1.85. The van der Waals surface area contributed by atoms with E-state index in [9.17, 15) is 4.79 Å². The van der Waals surface area contributed by atoms with Gasteiger partial charge in [0.25, 0.3) is 5.56 Å². The second kappa shape index (κ2) is 7.13. The molecule has 0 radical (unpaired) electrons. The van der Waals surface area contributed by atoms with E-state index in [1.54, 1.807) is 26.4 Å². The van der Waals surface area contributed by atoms with E-state index in [-0.39, 0.29) is 5.56 Å². The van der Waals surface area contributed by atoms with Crippen LogP contribution in [0.25, 0.3) is 22.4 Å². The van der Waals surface area contributed by atoms with Gasteiger partial charge in [0.15, 0.2) is 17.3 Å². The molecule has 0 saturated carbocycles. The van der Waals surface area contributed by atoms with Crippen LogP contribution in [0, 0.1) is 0 Å². The maximum atomic E-state index is 12.9. The molecule has 2 aromatic heterocycles. The lowest BCUT2D eigenvalue weighted by molar-refractivity contribution is 0.355. The maximum Gasteiger partial charge on any atom is 0.276 e. The Morgan fingerprint density at radius 2 is 1.78 bits per heavy atom. The Bertz CT molecular complexity index is 1230. The van der Waals surface area contributed by atoms with Crippen molar-refractivity contribution in [3.05, 3.63) is 67.4 Å². The molecule has 6 nitrogen and oxygen atoms in total. The molecule has 4 rings (SSSR count). The largest absolute Gasteiger partial charge is 0.493 e. The number of fused-ring (bicyclic) bond motifs is 1. The summed E-state index contributed by atoms with van der Waals surface area (Å²) in [5, 5.41) is 8.35. The summed E-state index contributed by atoms with van der Waals surface area (Å²) in [5.74, 6) is 1.65. The Balaban J connectivity index is 1.86. The third kappa shape index (κ3) is 3.22. The van der Waals surface area contributed by atoms with Crippen molar-refractivity contribution in [2.45, 2.75) is 0 Å². The van der Waals surface area contributed by atoms with Gasteiger partial charge in [-0.05, 0) is 42.0 Å². The van der Waals surface area contributed by atoms with Crippen LogP contribution in [0.15, 0.2) is 51.7 Å².